The van der Waals surface area contributed by atoms with Gasteiger partial charge in [-0.1, -0.05) is 6.07 Å². The summed E-state index contributed by atoms with van der Waals surface area (Å²) < 4.78 is 39.8. The molecular formula is C14H17F3N4. The van der Waals surface area contributed by atoms with E-state index in [2.05, 4.69) is 10.4 Å². The Labute approximate surface area is 120 Å². The normalized spacial score (nSPS) is 11.7. The molecule has 2 aromatic rings. The molecule has 0 fully saturated rings. The summed E-state index contributed by atoms with van der Waals surface area (Å²) in [6.07, 6.45) is -4.37. The molecule has 4 nitrogen and oxygen atoms in total. The fraction of sp³-hybridized carbons (Fsp3) is 0.357. The van der Waals surface area contributed by atoms with Gasteiger partial charge < -0.3 is 11.1 Å². The number of hydrogen-bond donors (Lipinski definition) is 2. The van der Waals surface area contributed by atoms with Crippen LogP contribution in [0.4, 0.5) is 18.9 Å². The monoisotopic (exact) mass is 298 g/mol. The number of alkyl halides is 3. The number of anilines is 1. The van der Waals surface area contributed by atoms with Gasteiger partial charge in [0, 0.05) is 13.1 Å². The molecule has 7 heteroatoms. The minimum Gasteiger partial charge on any atom is -0.381 e. The summed E-state index contributed by atoms with van der Waals surface area (Å²) in [6, 6.07) is 5.11. The largest absolute Gasteiger partial charge is 0.416 e. The molecule has 3 N–H and O–H groups in total. The van der Waals surface area contributed by atoms with Crippen molar-refractivity contribution in [2.45, 2.75) is 20.0 Å². The lowest BCUT2D eigenvalue weighted by atomic mass is 10.2. The molecule has 0 saturated heterocycles. The van der Waals surface area contributed by atoms with Crippen LogP contribution in [0.5, 0.6) is 0 Å². The SMILES string of the molecule is Cc1nn(-c2cccc(C(F)(F)F)c2)c(C)c1NCCN. The molecule has 0 unspecified atom stereocenters. The maximum Gasteiger partial charge on any atom is 0.416 e. The first kappa shape index (κ1) is 15.4. The molecule has 1 aromatic heterocycles. The Bertz CT molecular complexity index is 632. The van der Waals surface area contributed by atoms with Crippen LogP contribution < -0.4 is 11.1 Å². The molecule has 1 heterocycles. The lowest BCUT2D eigenvalue weighted by molar-refractivity contribution is -0.137. The molecule has 114 valence electrons. The van der Waals surface area contributed by atoms with Crippen LogP contribution in [0, 0.1) is 13.8 Å². The van der Waals surface area contributed by atoms with Crippen LogP contribution in [0.3, 0.4) is 0 Å². The Balaban J connectivity index is 2.43. The van der Waals surface area contributed by atoms with E-state index < -0.39 is 11.7 Å². The quantitative estimate of drug-likeness (QED) is 0.912. The Hall–Kier alpha value is -2.02. The van der Waals surface area contributed by atoms with Gasteiger partial charge in [-0.3, -0.25) is 0 Å². The van der Waals surface area contributed by atoms with Crippen molar-refractivity contribution in [3.63, 3.8) is 0 Å². The third kappa shape index (κ3) is 3.18. The molecule has 0 bridgehead atoms. The van der Waals surface area contributed by atoms with Crippen LogP contribution >= 0.6 is 0 Å². The Morgan fingerprint density at radius 2 is 2.00 bits per heavy atom. The van der Waals surface area contributed by atoms with Crippen molar-refractivity contribution in [1.29, 1.82) is 0 Å². The number of hydrogen-bond acceptors (Lipinski definition) is 3. The first-order valence-corrected chi connectivity index (χ1v) is 6.52. The van der Waals surface area contributed by atoms with Crippen molar-refractivity contribution in [1.82, 2.24) is 9.78 Å². The molecule has 0 amide bonds. The molecule has 0 spiro atoms. The van der Waals surface area contributed by atoms with E-state index in [1.165, 1.54) is 10.7 Å². The predicted molar refractivity (Wildman–Crippen MR) is 75.6 cm³/mol. The highest BCUT2D eigenvalue weighted by Gasteiger charge is 2.30. The summed E-state index contributed by atoms with van der Waals surface area (Å²) in [5.74, 6) is 0. The molecule has 2 rings (SSSR count). The van der Waals surface area contributed by atoms with E-state index in [1.807, 2.05) is 0 Å². The van der Waals surface area contributed by atoms with E-state index in [0.717, 1.165) is 29.2 Å². The third-order valence-corrected chi connectivity index (χ3v) is 3.16. The number of nitrogens with zero attached hydrogens (tertiary/aromatic N) is 2. The van der Waals surface area contributed by atoms with Gasteiger partial charge in [0.25, 0.3) is 0 Å². The zero-order valence-corrected chi connectivity index (χ0v) is 11.8. The van der Waals surface area contributed by atoms with Crippen molar-refractivity contribution < 1.29 is 13.2 Å². The van der Waals surface area contributed by atoms with Crippen molar-refractivity contribution in [2.24, 2.45) is 5.73 Å². The number of rotatable bonds is 4. The van der Waals surface area contributed by atoms with Crippen LogP contribution in [-0.4, -0.2) is 22.9 Å². The topological polar surface area (TPSA) is 55.9 Å². The number of halogens is 3. The van der Waals surface area contributed by atoms with E-state index in [-0.39, 0.29) is 0 Å². The first-order chi connectivity index (χ1) is 9.84. The molecule has 0 radical (unpaired) electrons. The Kier molecular flexibility index (Phi) is 4.22. The van der Waals surface area contributed by atoms with E-state index >= 15 is 0 Å². The summed E-state index contributed by atoms with van der Waals surface area (Å²) in [5, 5.41) is 7.44. The number of aryl methyl sites for hydroxylation is 1. The zero-order valence-electron chi connectivity index (χ0n) is 11.8. The van der Waals surface area contributed by atoms with Crippen molar-refractivity contribution in [2.75, 3.05) is 18.4 Å². The van der Waals surface area contributed by atoms with Gasteiger partial charge in [-0.25, -0.2) is 4.68 Å². The van der Waals surface area contributed by atoms with Gasteiger partial charge >= 0.3 is 6.18 Å². The third-order valence-electron chi connectivity index (χ3n) is 3.16. The van der Waals surface area contributed by atoms with Gasteiger partial charge in [-0.05, 0) is 32.0 Å². The van der Waals surface area contributed by atoms with Crippen LogP contribution in [-0.2, 0) is 6.18 Å². The molecular weight excluding hydrogens is 281 g/mol. The number of nitrogens with two attached hydrogens (primary N) is 1. The molecule has 0 atom stereocenters. The predicted octanol–water partition coefficient (Wildman–Crippen LogP) is 2.88. The van der Waals surface area contributed by atoms with E-state index in [9.17, 15) is 13.2 Å². The van der Waals surface area contributed by atoms with Crippen molar-refractivity contribution >= 4 is 5.69 Å². The number of benzene rings is 1. The van der Waals surface area contributed by atoms with Crippen LogP contribution in [0.25, 0.3) is 5.69 Å². The standard InChI is InChI=1S/C14H17F3N4/c1-9-13(19-7-6-18)10(2)21(20-9)12-5-3-4-11(8-12)14(15,16)17/h3-5,8,19H,6-7,18H2,1-2H3. The maximum atomic E-state index is 12.8. The minimum absolute atomic E-state index is 0.381. The average Bonchev–Trinajstić information content (AvgIpc) is 2.71. The second-order valence-electron chi connectivity index (χ2n) is 4.72. The fourth-order valence-corrected chi connectivity index (χ4v) is 2.16. The Morgan fingerprint density at radius 3 is 2.62 bits per heavy atom. The van der Waals surface area contributed by atoms with E-state index in [0.29, 0.717) is 18.8 Å². The van der Waals surface area contributed by atoms with Crippen LogP contribution in [0.1, 0.15) is 17.0 Å². The van der Waals surface area contributed by atoms with Gasteiger partial charge in [0.2, 0.25) is 0 Å². The molecule has 1 aromatic carbocycles. The summed E-state index contributed by atoms with van der Waals surface area (Å²) >= 11 is 0. The fourth-order valence-electron chi connectivity index (χ4n) is 2.16. The molecule has 0 saturated carbocycles. The number of aromatic nitrogens is 2. The summed E-state index contributed by atoms with van der Waals surface area (Å²) in [7, 11) is 0. The highest BCUT2D eigenvalue weighted by Crippen LogP contribution is 2.31. The second-order valence-corrected chi connectivity index (χ2v) is 4.72. The maximum absolute atomic E-state index is 12.8. The highest BCUT2D eigenvalue weighted by atomic mass is 19.4. The van der Waals surface area contributed by atoms with Gasteiger partial charge in [0.15, 0.2) is 0 Å². The van der Waals surface area contributed by atoms with E-state index in [4.69, 9.17) is 5.73 Å². The highest BCUT2D eigenvalue weighted by molar-refractivity contribution is 5.55. The Morgan fingerprint density at radius 1 is 1.29 bits per heavy atom. The molecule has 21 heavy (non-hydrogen) atoms. The molecule has 0 aliphatic heterocycles. The summed E-state index contributed by atoms with van der Waals surface area (Å²) in [6.45, 7) is 4.65. The van der Waals surface area contributed by atoms with Gasteiger partial charge in [0.1, 0.15) is 0 Å². The smallest absolute Gasteiger partial charge is 0.381 e. The minimum atomic E-state index is -4.37. The van der Waals surface area contributed by atoms with Gasteiger partial charge in [-0.15, -0.1) is 0 Å². The lowest BCUT2D eigenvalue weighted by Crippen LogP contribution is -2.14. The van der Waals surface area contributed by atoms with E-state index in [1.54, 1.807) is 19.9 Å². The molecule has 0 aliphatic carbocycles. The first-order valence-electron chi connectivity index (χ1n) is 6.52. The van der Waals surface area contributed by atoms with Crippen molar-refractivity contribution in [3.05, 3.63) is 41.2 Å². The van der Waals surface area contributed by atoms with Crippen LogP contribution in [0.2, 0.25) is 0 Å². The zero-order chi connectivity index (χ0) is 15.6. The summed E-state index contributed by atoms with van der Waals surface area (Å²) in [4.78, 5) is 0. The van der Waals surface area contributed by atoms with Crippen molar-refractivity contribution in [3.8, 4) is 5.69 Å². The second kappa shape index (κ2) is 5.77. The molecule has 0 aliphatic rings. The van der Waals surface area contributed by atoms with Gasteiger partial charge in [0.05, 0.1) is 28.3 Å². The van der Waals surface area contributed by atoms with Gasteiger partial charge in [-0.2, -0.15) is 18.3 Å². The number of nitrogens with one attached hydrogen (secondary N) is 1. The summed E-state index contributed by atoms with van der Waals surface area (Å²) in [5.41, 5.74) is 7.41. The average molecular weight is 298 g/mol. The lowest BCUT2D eigenvalue weighted by Gasteiger charge is -2.10. The van der Waals surface area contributed by atoms with Crippen LogP contribution in [0.15, 0.2) is 24.3 Å².